The second-order valence-electron chi connectivity index (χ2n) is 5.79. The summed E-state index contributed by atoms with van der Waals surface area (Å²) in [6, 6.07) is 0. The van der Waals surface area contributed by atoms with Crippen LogP contribution in [0.1, 0.15) is 59.3 Å². The molecule has 0 nitrogen and oxygen atoms in total. The summed E-state index contributed by atoms with van der Waals surface area (Å²) in [7, 11) is 0. The van der Waals surface area contributed by atoms with Crippen LogP contribution in [-0.2, 0) is 0 Å². The summed E-state index contributed by atoms with van der Waals surface area (Å²) in [5.74, 6) is 3.98. The molecule has 0 heterocycles. The highest BCUT2D eigenvalue weighted by molar-refractivity contribution is 5.14. The lowest BCUT2D eigenvalue weighted by Crippen LogP contribution is -2.07. The summed E-state index contributed by atoms with van der Waals surface area (Å²) in [5.41, 5.74) is 1.79. The predicted octanol–water partition coefficient (Wildman–Crippen LogP) is 4.81. The van der Waals surface area contributed by atoms with Crippen molar-refractivity contribution in [1.29, 1.82) is 0 Å². The lowest BCUT2D eigenvalue weighted by atomic mass is 9.90. The van der Waals surface area contributed by atoms with Crippen LogP contribution < -0.4 is 0 Å². The molecule has 0 heteroatoms. The first-order valence-electron chi connectivity index (χ1n) is 6.94. The molecule has 0 bridgehead atoms. The Labute approximate surface area is 95.1 Å². The van der Waals surface area contributed by atoms with Gasteiger partial charge in [-0.3, -0.25) is 0 Å². The van der Waals surface area contributed by atoms with Gasteiger partial charge in [-0.2, -0.15) is 0 Å². The smallest absolute Gasteiger partial charge is 0.0262 e. The van der Waals surface area contributed by atoms with Crippen LogP contribution in [0.4, 0.5) is 0 Å². The summed E-state index contributed by atoms with van der Waals surface area (Å²) >= 11 is 0. The van der Waals surface area contributed by atoms with Crippen molar-refractivity contribution in [2.75, 3.05) is 0 Å². The fourth-order valence-electron chi connectivity index (χ4n) is 3.71. The molecule has 2 rings (SSSR count). The summed E-state index contributed by atoms with van der Waals surface area (Å²) in [4.78, 5) is 0. The molecule has 4 atom stereocenters. The fourth-order valence-corrected chi connectivity index (χ4v) is 3.71. The van der Waals surface area contributed by atoms with Crippen molar-refractivity contribution in [1.82, 2.24) is 0 Å². The summed E-state index contributed by atoms with van der Waals surface area (Å²) in [5, 5.41) is 0. The lowest BCUT2D eigenvalue weighted by molar-refractivity contribution is 0.347. The van der Waals surface area contributed by atoms with Crippen LogP contribution in [0.15, 0.2) is 11.6 Å². The lowest BCUT2D eigenvalue weighted by Gasteiger charge is -2.15. The van der Waals surface area contributed by atoms with E-state index in [9.17, 15) is 0 Å². The van der Waals surface area contributed by atoms with Crippen LogP contribution in [0.5, 0.6) is 0 Å². The Balaban J connectivity index is 1.98. The maximum absolute atomic E-state index is 2.57. The van der Waals surface area contributed by atoms with E-state index in [1.54, 1.807) is 5.57 Å². The molecule has 2 aliphatic rings. The topological polar surface area (TPSA) is 0 Å². The summed E-state index contributed by atoms with van der Waals surface area (Å²) < 4.78 is 0. The van der Waals surface area contributed by atoms with E-state index < -0.39 is 0 Å². The minimum Gasteiger partial charge on any atom is -0.0825 e. The second-order valence-corrected chi connectivity index (χ2v) is 5.79. The molecule has 0 amide bonds. The van der Waals surface area contributed by atoms with Gasteiger partial charge in [-0.1, -0.05) is 45.3 Å². The molecule has 0 N–H and O–H groups in total. The first-order valence-corrected chi connectivity index (χ1v) is 6.94. The predicted molar refractivity (Wildman–Crippen MR) is 66.8 cm³/mol. The Morgan fingerprint density at radius 2 is 2.07 bits per heavy atom. The number of allylic oxidation sites excluding steroid dienone is 2. The maximum atomic E-state index is 2.57. The van der Waals surface area contributed by atoms with Crippen LogP contribution in [-0.4, -0.2) is 0 Å². The molecular weight excluding hydrogens is 180 g/mol. The Hall–Kier alpha value is -0.260. The van der Waals surface area contributed by atoms with Gasteiger partial charge in [0.1, 0.15) is 0 Å². The molecule has 86 valence electrons. The van der Waals surface area contributed by atoms with Crippen molar-refractivity contribution in [3.05, 3.63) is 11.6 Å². The molecule has 0 saturated heterocycles. The number of hydrogen-bond donors (Lipinski definition) is 0. The highest BCUT2D eigenvalue weighted by Gasteiger charge is 2.39. The number of rotatable bonds is 3. The van der Waals surface area contributed by atoms with Crippen molar-refractivity contribution in [3.8, 4) is 0 Å². The molecule has 0 spiro atoms. The van der Waals surface area contributed by atoms with Crippen LogP contribution in [0.3, 0.4) is 0 Å². The Morgan fingerprint density at radius 1 is 1.27 bits per heavy atom. The molecule has 2 fully saturated rings. The van der Waals surface area contributed by atoms with Gasteiger partial charge >= 0.3 is 0 Å². The molecule has 15 heavy (non-hydrogen) atoms. The molecule has 0 radical (unpaired) electrons. The van der Waals surface area contributed by atoms with Crippen LogP contribution in [0, 0.1) is 23.7 Å². The Bertz CT molecular complexity index is 238. The first-order chi connectivity index (χ1) is 7.24. The van der Waals surface area contributed by atoms with Gasteiger partial charge in [0.2, 0.25) is 0 Å². The zero-order valence-corrected chi connectivity index (χ0v) is 10.6. The summed E-state index contributed by atoms with van der Waals surface area (Å²) in [6.45, 7) is 7.04. The zero-order valence-electron chi connectivity index (χ0n) is 10.6. The molecule has 0 aromatic rings. The highest BCUT2D eigenvalue weighted by atomic mass is 14.4. The van der Waals surface area contributed by atoms with E-state index in [-0.39, 0.29) is 0 Å². The fraction of sp³-hybridized carbons (Fsp3) is 0.867. The van der Waals surface area contributed by atoms with E-state index in [0.717, 1.165) is 23.7 Å². The van der Waals surface area contributed by atoms with Crippen molar-refractivity contribution in [2.24, 2.45) is 23.7 Å². The van der Waals surface area contributed by atoms with Crippen LogP contribution in [0.2, 0.25) is 0 Å². The third-order valence-electron chi connectivity index (χ3n) is 4.83. The van der Waals surface area contributed by atoms with Gasteiger partial charge < -0.3 is 0 Å². The minimum atomic E-state index is 0.805. The van der Waals surface area contributed by atoms with Crippen molar-refractivity contribution in [3.63, 3.8) is 0 Å². The second kappa shape index (κ2) is 4.72. The molecule has 4 unspecified atom stereocenters. The Morgan fingerprint density at radius 3 is 2.73 bits per heavy atom. The molecule has 0 aromatic carbocycles. The third kappa shape index (κ3) is 2.29. The Kier molecular flexibility index (Phi) is 3.53. The first kappa shape index (κ1) is 11.2. The largest absolute Gasteiger partial charge is 0.0825 e. The van der Waals surface area contributed by atoms with E-state index in [1.807, 2.05) is 0 Å². The average Bonchev–Trinajstić information content (AvgIpc) is 2.76. The van der Waals surface area contributed by atoms with E-state index in [4.69, 9.17) is 0 Å². The molecule has 2 aliphatic carbocycles. The standard InChI is InChI=1S/C15H26/c1-4-11(3)8-12-9-14-7-6-13(5-2)15(14)10-12/h8,11,13-15H,4-7,9-10H2,1-3H3/b12-8-. The van der Waals surface area contributed by atoms with Crippen molar-refractivity contribution in [2.45, 2.75) is 59.3 Å². The van der Waals surface area contributed by atoms with Gasteiger partial charge in [-0.15, -0.1) is 0 Å². The highest BCUT2D eigenvalue weighted by Crippen LogP contribution is 2.50. The quantitative estimate of drug-likeness (QED) is 0.582. The maximum Gasteiger partial charge on any atom is -0.0262 e. The number of hydrogen-bond acceptors (Lipinski definition) is 0. The molecule has 0 aliphatic heterocycles. The van der Waals surface area contributed by atoms with Crippen LogP contribution in [0.25, 0.3) is 0 Å². The van der Waals surface area contributed by atoms with E-state index in [0.29, 0.717) is 0 Å². The normalized spacial score (nSPS) is 39.7. The van der Waals surface area contributed by atoms with Gasteiger partial charge in [-0.05, 0) is 49.4 Å². The van der Waals surface area contributed by atoms with Gasteiger partial charge in [-0.25, -0.2) is 0 Å². The van der Waals surface area contributed by atoms with Gasteiger partial charge in [0.05, 0.1) is 0 Å². The monoisotopic (exact) mass is 206 g/mol. The van der Waals surface area contributed by atoms with E-state index in [1.165, 1.54) is 38.5 Å². The third-order valence-corrected chi connectivity index (χ3v) is 4.83. The van der Waals surface area contributed by atoms with Crippen molar-refractivity contribution >= 4 is 0 Å². The average molecular weight is 206 g/mol. The summed E-state index contributed by atoms with van der Waals surface area (Å²) in [6.07, 6.45) is 11.2. The zero-order chi connectivity index (χ0) is 10.8. The molecule has 2 saturated carbocycles. The van der Waals surface area contributed by atoms with E-state index in [2.05, 4.69) is 26.8 Å². The SMILES string of the molecule is CCC(C)/C=C1/CC2CCC(CC)C2C1. The van der Waals surface area contributed by atoms with Gasteiger partial charge in [0.15, 0.2) is 0 Å². The number of fused-ring (bicyclic) bond motifs is 1. The van der Waals surface area contributed by atoms with Crippen LogP contribution >= 0.6 is 0 Å². The van der Waals surface area contributed by atoms with Gasteiger partial charge in [0, 0.05) is 0 Å². The van der Waals surface area contributed by atoms with E-state index >= 15 is 0 Å². The van der Waals surface area contributed by atoms with Crippen molar-refractivity contribution < 1.29 is 0 Å². The minimum absolute atomic E-state index is 0.805. The molecular formula is C15H26. The molecule has 0 aromatic heterocycles. The van der Waals surface area contributed by atoms with Gasteiger partial charge in [0.25, 0.3) is 0 Å².